The van der Waals surface area contributed by atoms with E-state index >= 15 is 0 Å². The van der Waals surface area contributed by atoms with Crippen molar-refractivity contribution in [1.29, 1.82) is 0 Å². The third kappa shape index (κ3) is 61.1. The van der Waals surface area contributed by atoms with Gasteiger partial charge in [-0.05, 0) is 69.1 Å². The predicted octanol–water partition coefficient (Wildman–Crippen LogP) is 19.0. The second kappa shape index (κ2) is 59.5. The van der Waals surface area contributed by atoms with Crippen LogP contribution in [0.2, 0.25) is 0 Å². The molecule has 17 nitrogen and oxygen atoms in total. The number of phosphoric ester groups is 2. The number of carbonyl (C=O) groups excluding carboxylic acids is 4. The van der Waals surface area contributed by atoms with Crippen LogP contribution in [0.25, 0.3) is 0 Å². The SMILES string of the molecule is CCCCCC/C=C\C=C/CCCCCCCC(=O)OC[C@H](COP(=O)(O)OCC(O)COP(=O)(O)OC[C@@H](COC(=O)CCCCCCCCCCC(C)C)OC(=O)CCCCCCCCC(C)CC)OC(=O)CCCCCCCCCCCC(C)C. The van der Waals surface area contributed by atoms with Crippen molar-refractivity contribution in [3.8, 4) is 0 Å². The van der Waals surface area contributed by atoms with E-state index in [4.69, 9.17) is 37.0 Å². The Morgan fingerprint density at radius 1 is 0.375 bits per heavy atom. The van der Waals surface area contributed by atoms with Crippen molar-refractivity contribution in [2.45, 2.75) is 336 Å². The minimum absolute atomic E-state index is 0.0978. The molecule has 4 unspecified atom stereocenters. The molecule has 0 radical (unpaired) electrons. The van der Waals surface area contributed by atoms with Gasteiger partial charge in [-0.25, -0.2) is 9.13 Å². The molecule has 19 heteroatoms. The highest BCUT2D eigenvalue weighted by atomic mass is 31.2. The minimum atomic E-state index is -4.96. The Balaban J connectivity index is 5.28. The first kappa shape index (κ1) is 85.5. The van der Waals surface area contributed by atoms with Gasteiger partial charge in [0.1, 0.15) is 19.3 Å². The molecule has 0 aromatic heterocycles. The molecule has 0 rings (SSSR count). The minimum Gasteiger partial charge on any atom is -0.462 e. The van der Waals surface area contributed by atoms with Crippen molar-refractivity contribution in [1.82, 2.24) is 0 Å². The second-order valence-electron chi connectivity index (χ2n) is 25.4. The van der Waals surface area contributed by atoms with Crippen molar-refractivity contribution >= 4 is 39.5 Å². The van der Waals surface area contributed by atoms with Crippen molar-refractivity contribution < 1.29 is 80.2 Å². The average Bonchev–Trinajstić information content (AvgIpc) is 3.43. The Morgan fingerprint density at radius 2 is 0.670 bits per heavy atom. The molecule has 6 atom stereocenters. The summed E-state index contributed by atoms with van der Waals surface area (Å²) in [4.78, 5) is 72.4. The van der Waals surface area contributed by atoms with E-state index in [-0.39, 0.29) is 25.7 Å². The summed E-state index contributed by atoms with van der Waals surface area (Å²) >= 11 is 0. The summed E-state index contributed by atoms with van der Waals surface area (Å²) in [7, 11) is -9.91. The van der Waals surface area contributed by atoms with Gasteiger partial charge in [-0.1, -0.05) is 265 Å². The topological polar surface area (TPSA) is 237 Å². The number of hydrogen-bond donors (Lipinski definition) is 3. The van der Waals surface area contributed by atoms with Crippen molar-refractivity contribution in [3.05, 3.63) is 24.3 Å². The van der Waals surface area contributed by atoms with E-state index in [1.807, 2.05) is 0 Å². The Morgan fingerprint density at radius 3 is 1.01 bits per heavy atom. The Labute approximate surface area is 535 Å². The summed E-state index contributed by atoms with van der Waals surface area (Å²) in [6.07, 6.45) is 45.4. The molecule has 0 saturated heterocycles. The van der Waals surface area contributed by atoms with E-state index in [2.05, 4.69) is 72.8 Å². The molecule has 0 saturated carbocycles. The normalized spacial score (nSPS) is 14.7. The highest BCUT2D eigenvalue weighted by molar-refractivity contribution is 7.47. The van der Waals surface area contributed by atoms with E-state index in [1.54, 1.807) is 0 Å². The van der Waals surface area contributed by atoms with Crippen LogP contribution in [0.3, 0.4) is 0 Å². The summed E-state index contributed by atoms with van der Waals surface area (Å²) in [6, 6.07) is 0. The van der Waals surface area contributed by atoms with Crippen molar-refractivity contribution in [2.24, 2.45) is 17.8 Å². The van der Waals surface area contributed by atoms with Gasteiger partial charge >= 0.3 is 39.5 Å². The number of aliphatic hydroxyl groups excluding tert-OH is 1. The van der Waals surface area contributed by atoms with Gasteiger partial charge in [-0.2, -0.15) is 0 Å². The van der Waals surface area contributed by atoms with Crippen LogP contribution >= 0.6 is 15.6 Å². The lowest BCUT2D eigenvalue weighted by atomic mass is 10.00. The number of hydrogen-bond acceptors (Lipinski definition) is 15. The lowest BCUT2D eigenvalue weighted by molar-refractivity contribution is -0.161. The maximum atomic E-state index is 13.0. The van der Waals surface area contributed by atoms with Gasteiger partial charge in [0, 0.05) is 25.7 Å². The summed E-state index contributed by atoms with van der Waals surface area (Å²) < 4.78 is 68.2. The van der Waals surface area contributed by atoms with Gasteiger partial charge < -0.3 is 33.8 Å². The second-order valence-corrected chi connectivity index (χ2v) is 28.3. The molecule has 518 valence electrons. The maximum Gasteiger partial charge on any atom is 0.472 e. The average molecular weight is 1290 g/mol. The molecule has 0 aromatic carbocycles. The Bertz CT molecular complexity index is 1830. The standard InChI is InChI=1S/C69H130O17P2/c1-8-10-11-12-13-14-15-16-17-18-19-22-28-36-43-50-66(71)79-56-64(85-68(73)52-45-38-30-23-20-21-26-33-40-47-60(3)4)58-83-87(75,76)81-54-63(70)55-82-88(77,78)84-59-65(86-69(74)53-46-39-32-31-35-42-49-62(7)9-2)57-80-67(72)51-44-37-29-25-24-27-34-41-48-61(5)6/h14-17,60-65,70H,8-13,18-59H2,1-7H3,(H,75,76)(H,77,78)/b15-14-,17-16-/t62?,63?,64-,65-/m1/s1. The van der Waals surface area contributed by atoms with Gasteiger partial charge in [0.2, 0.25) is 0 Å². The Kier molecular flexibility index (Phi) is 57.9. The fourth-order valence-corrected chi connectivity index (χ4v) is 11.4. The van der Waals surface area contributed by atoms with Crippen LogP contribution in [0.5, 0.6) is 0 Å². The van der Waals surface area contributed by atoms with Gasteiger partial charge in [0.25, 0.3) is 0 Å². The summed E-state index contributed by atoms with van der Waals surface area (Å²) in [5, 5.41) is 10.6. The Hall–Kier alpha value is -2.46. The number of esters is 4. The van der Waals surface area contributed by atoms with E-state index in [1.165, 1.54) is 109 Å². The van der Waals surface area contributed by atoms with Gasteiger partial charge in [0.15, 0.2) is 12.2 Å². The van der Waals surface area contributed by atoms with Crippen LogP contribution in [0, 0.1) is 17.8 Å². The molecule has 88 heavy (non-hydrogen) atoms. The first-order valence-corrected chi connectivity index (χ1v) is 38.2. The van der Waals surface area contributed by atoms with Crippen molar-refractivity contribution in [3.63, 3.8) is 0 Å². The molecule has 0 bridgehead atoms. The number of phosphoric acid groups is 2. The number of allylic oxidation sites excluding steroid dienone is 4. The number of aliphatic hydroxyl groups is 1. The van der Waals surface area contributed by atoms with Crippen LogP contribution < -0.4 is 0 Å². The number of ether oxygens (including phenoxy) is 4. The molecule has 0 aliphatic heterocycles. The number of rotatable bonds is 65. The zero-order chi connectivity index (χ0) is 65.2. The van der Waals surface area contributed by atoms with Crippen LogP contribution in [0.15, 0.2) is 24.3 Å². The molecule has 3 N–H and O–H groups in total. The summed E-state index contributed by atoms with van der Waals surface area (Å²) in [5.41, 5.74) is 0. The lowest BCUT2D eigenvalue weighted by Crippen LogP contribution is -2.30. The van der Waals surface area contributed by atoms with Crippen LogP contribution in [-0.2, 0) is 65.4 Å². The summed E-state index contributed by atoms with van der Waals surface area (Å²) in [5.74, 6) is 0.0140. The zero-order valence-electron chi connectivity index (χ0n) is 56.7. The summed E-state index contributed by atoms with van der Waals surface area (Å²) in [6.45, 7) is 11.7. The smallest absolute Gasteiger partial charge is 0.462 e. The quantitative estimate of drug-likeness (QED) is 0.0169. The molecule has 0 aromatic rings. The van der Waals surface area contributed by atoms with E-state index in [0.717, 1.165) is 127 Å². The molecule has 0 aliphatic rings. The molecule has 0 spiro atoms. The highest BCUT2D eigenvalue weighted by Gasteiger charge is 2.30. The first-order chi connectivity index (χ1) is 42.3. The molecular formula is C69H130O17P2. The van der Waals surface area contributed by atoms with Crippen LogP contribution in [0.4, 0.5) is 0 Å². The highest BCUT2D eigenvalue weighted by Crippen LogP contribution is 2.45. The molecule has 0 aliphatic carbocycles. The molecular weight excluding hydrogens is 1160 g/mol. The fraction of sp³-hybridized carbons (Fsp3) is 0.884. The largest absolute Gasteiger partial charge is 0.472 e. The third-order valence-corrected chi connectivity index (χ3v) is 17.5. The molecule has 0 heterocycles. The molecule has 0 fully saturated rings. The number of unbranched alkanes of at least 4 members (excludes halogenated alkanes) is 29. The van der Waals surface area contributed by atoms with Crippen LogP contribution in [0.1, 0.15) is 318 Å². The third-order valence-electron chi connectivity index (χ3n) is 15.6. The lowest BCUT2D eigenvalue weighted by Gasteiger charge is -2.21. The van der Waals surface area contributed by atoms with E-state index < -0.39 is 97.5 Å². The molecule has 0 amide bonds. The number of carbonyl (C=O) groups is 4. The maximum absolute atomic E-state index is 13.0. The van der Waals surface area contributed by atoms with Gasteiger partial charge in [0.05, 0.1) is 26.4 Å². The fourth-order valence-electron chi connectivity index (χ4n) is 9.79. The van der Waals surface area contributed by atoms with E-state index in [9.17, 15) is 43.2 Å². The zero-order valence-corrected chi connectivity index (χ0v) is 58.5. The van der Waals surface area contributed by atoms with Gasteiger partial charge in [-0.3, -0.25) is 37.3 Å². The van der Waals surface area contributed by atoms with Crippen molar-refractivity contribution in [2.75, 3.05) is 39.6 Å². The monoisotopic (exact) mass is 1290 g/mol. The van der Waals surface area contributed by atoms with Gasteiger partial charge in [-0.15, -0.1) is 0 Å². The predicted molar refractivity (Wildman–Crippen MR) is 354 cm³/mol. The first-order valence-electron chi connectivity index (χ1n) is 35.2. The van der Waals surface area contributed by atoms with E-state index in [0.29, 0.717) is 25.7 Å². The van der Waals surface area contributed by atoms with Crippen LogP contribution in [-0.4, -0.2) is 96.7 Å².